The van der Waals surface area contributed by atoms with Crippen LogP contribution < -0.4 is 5.32 Å². The predicted molar refractivity (Wildman–Crippen MR) is 95.7 cm³/mol. The first-order chi connectivity index (χ1) is 12.6. The summed E-state index contributed by atoms with van der Waals surface area (Å²) >= 11 is 0. The summed E-state index contributed by atoms with van der Waals surface area (Å²) in [5.74, 6) is -0.0461. The van der Waals surface area contributed by atoms with E-state index in [9.17, 15) is 14.7 Å². The minimum Gasteiger partial charge on any atom is -0.390 e. The highest BCUT2D eigenvalue weighted by molar-refractivity contribution is 5.92. The van der Waals surface area contributed by atoms with E-state index in [1.165, 1.54) is 0 Å². The molecule has 1 saturated heterocycles. The van der Waals surface area contributed by atoms with E-state index in [-0.39, 0.29) is 18.0 Å². The van der Waals surface area contributed by atoms with Crippen molar-refractivity contribution >= 4 is 11.9 Å². The Morgan fingerprint density at radius 3 is 2.50 bits per heavy atom. The molecule has 3 N–H and O–H groups in total. The van der Waals surface area contributed by atoms with E-state index in [4.69, 9.17) is 0 Å². The Labute approximate surface area is 151 Å². The summed E-state index contributed by atoms with van der Waals surface area (Å²) < 4.78 is 0. The normalized spacial score (nSPS) is 22.2. The molecule has 1 fully saturated rings. The van der Waals surface area contributed by atoms with Crippen LogP contribution in [-0.2, 0) is 6.42 Å². The van der Waals surface area contributed by atoms with E-state index in [1.54, 1.807) is 28.1 Å². The van der Waals surface area contributed by atoms with E-state index < -0.39 is 6.10 Å². The third-order valence-corrected chi connectivity index (χ3v) is 5.17. The molecule has 0 spiro atoms. The van der Waals surface area contributed by atoms with Crippen LogP contribution in [0.5, 0.6) is 0 Å². The molecule has 4 rings (SSSR count). The summed E-state index contributed by atoms with van der Waals surface area (Å²) in [6, 6.07) is 10.8. The number of urea groups is 1. The average molecular weight is 354 g/mol. The van der Waals surface area contributed by atoms with Crippen LogP contribution in [-0.4, -0.2) is 64.1 Å². The molecule has 2 aromatic rings. The number of hydrogen-bond acceptors (Lipinski definition) is 3. The van der Waals surface area contributed by atoms with Crippen LogP contribution in [0.3, 0.4) is 0 Å². The van der Waals surface area contributed by atoms with Gasteiger partial charge in [0, 0.05) is 38.8 Å². The number of rotatable bonds is 2. The van der Waals surface area contributed by atoms with Crippen molar-refractivity contribution in [3.63, 3.8) is 0 Å². The topological polar surface area (TPSA) is 88.7 Å². The lowest BCUT2D eigenvalue weighted by molar-refractivity contribution is 0.0653. The van der Waals surface area contributed by atoms with Crippen LogP contribution in [0.25, 0.3) is 0 Å². The Kier molecular flexibility index (Phi) is 4.38. The molecule has 26 heavy (non-hydrogen) atoms. The number of carbonyl (C=O) groups excluding carboxylic acids is 2. The van der Waals surface area contributed by atoms with E-state index in [0.29, 0.717) is 38.3 Å². The molecular formula is C19H22N4O3. The number of piperazine rings is 1. The van der Waals surface area contributed by atoms with Crippen molar-refractivity contribution in [2.75, 3.05) is 26.2 Å². The summed E-state index contributed by atoms with van der Waals surface area (Å²) in [4.78, 5) is 31.3. The smallest absolute Gasteiger partial charge is 0.318 e. The van der Waals surface area contributed by atoms with Crippen molar-refractivity contribution < 1.29 is 14.7 Å². The van der Waals surface area contributed by atoms with Crippen LogP contribution in [0, 0.1) is 0 Å². The fourth-order valence-electron chi connectivity index (χ4n) is 3.72. The van der Waals surface area contributed by atoms with E-state index in [2.05, 4.69) is 10.3 Å². The van der Waals surface area contributed by atoms with Crippen molar-refractivity contribution in [1.82, 2.24) is 20.1 Å². The van der Waals surface area contributed by atoms with Gasteiger partial charge < -0.3 is 25.2 Å². The maximum Gasteiger partial charge on any atom is 0.318 e. The number of nitrogens with one attached hydrogen (secondary N) is 2. The molecule has 7 heteroatoms. The standard InChI is InChI=1S/C19H22N4O3/c24-16-12-13-4-1-2-5-14(13)17(16)21-19(26)23-10-8-22(9-11-23)18(25)15-6-3-7-20-15/h1-7,16-17,20,24H,8-12H2,(H,21,26)/t16-,17-/m1/s1. The third-order valence-electron chi connectivity index (χ3n) is 5.17. The number of aromatic nitrogens is 1. The maximum absolute atomic E-state index is 12.6. The Bertz CT molecular complexity index is 797. The SMILES string of the molecule is O=C(N[C@@H]1c2ccccc2C[C@H]1O)N1CCN(C(=O)c2ccc[nH]2)CC1. The van der Waals surface area contributed by atoms with Crippen LogP contribution in [0.1, 0.15) is 27.7 Å². The summed E-state index contributed by atoms with van der Waals surface area (Å²) in [6.45, 7) is 1.94. The number of nitrogens with zero attached hydrogens (tertiary/aromatic N) is 2. The van der Waals surface area contributed by atoms with Gasteiger partial charge in [-0.15, -0.1) is 0 Å². The molecule has 2 aliphatic rings. The first-order valence-electron chi connectivity index (χ1n) is 8.87. The monoisotopic (exact) mass is 354 g/mol. The molecule has 0 bridgehead atoms. The predicted octanol–water partition coefficient (Wildman–Crippen LogP) is 1.14. The molecule has 1 aliphatic carbocycles. The highest BCUT2D eigenvalue weighted by Crippen LogP contribution is 2.31. The van der Waals surface area contributed by atoms with Gasteiger partial charge in [0.05, 0.1) is 12.1 Å². The highest BCUT2D eigenvalue weighted by Gasteiger charge is 2.34. The molecule has 2 atom stereocenters. The number of carbonyl (C=O) groups is 2. The molecule has 3 amide bonds. The fourth-order valence-corrected chi connectivity index (χ4v) is 3.72. The van der Waals surface area contributed by atoms with E-state index in [0.717, 1.165) is 11.1 Å². The number of aliphatic hydroxyl groups excluding tert-OH is 1. The van der Waals surface area contributed by atoms with Crippen molar-refractivity contribution in [1.29, 1.82) is 0 Å². The first-order valence-corrected chi connectivity index (χ1v) is 8.87. The molecule has 1 aromatic carbocycles. The molecule has 136 valence electrons. The summed E-state index contributed by atoms with van der Waals surface area (Å²) in [6.07, 6.45) is 1.67. The van der Waals surface area contributed by atoms with E-state index in [1.807, 2.05) is 24.3 Å². The first kappa shape index (κ1) is 16.7. The quantitative estimate of drug-likeness (QED) is 0.756. The molecular weight excluding hydrogens is 332 g/mol. The molecule has 1 aromatic heterocycles. The lowest BCUT2D eigenvalue weighted by Crippen LogP contribution is -2.54. The van der Waals surface area contributed by atoms with Gasteiger partial charge in [-0.25, -0.2) is 4.79 Å². The van der Waals surface area contributed by atoms with Crippen molar-refractivity contribution in [2.45, 2.75) is 18.6 Å². The Hall–Kier alpha value is -2.80. The van der Waals surface area contributed by atoms with Crippen molar-refractivity contribution in [3.05, 3.63) is 59.4 Å². The second-order valence-electron chi connectivity index (χ2n) is 6.76. The fraction of sp³-hybridized carbons (Fsp3) is 0.368. The van der Waals surface area contributed by atoms with Crippen LogP contribution in [0.2, 0.25) is 0 Å². The zero-order chi connectivity index (χ0) is 18.1. The second-order valence-corrected chi connectivity index (χ2v) is 6.76. The number of amides is 3. The number of H-pyrrole nitrogens is 1. The summed E-state index contributed by atoms with van der Waals surface area (Å²) in [5.41, 5.74) is 2.62. The van der Waals surface area contributed by atoms with Gasteiger partial charge in [-0.1, -0.05) is 24.3 Å². The number of aliphatic hydroxyl groups is 1. The Morgan fingerprint density at radius 1 is 1.04 bits per heavy atom. The van der Waals surface area contributed by atoms with Gasteiger partial charge in [-0.05, 0) is 23.3 Å². The lowest BCUT2D eigenvalue weighted by atomic mass is 10.1. The van der Waals surface area contributed by atoms with E-state index >= 15 is 0 Å². The molecule has 0 radical (unpaired) electrons. The molecule has 0 saturated carbocycles. The van der Waals surface area contributed by atoms with Gasteiger partial charge in [-0.2, -0.15) is 0 Å². The Morgan fingerprint density at radius 2 is 1.77 bits per heavy atom. The maximum atomic E-state index is 12.6. The largest absolute Gasteiger partial charge is 0.390 e. The lowest BCUT2D eigenvalue weighted by Gasteiger charge is -2.35. The van der Waals surface area contributed by atoms with Gasteiger partial charge in [0.15, 0.2) is 0 Å². The summed E-state index contributed by atoms with van der Waals surface area (Å²) in [7, 11) is 0. The third kappa shape index (κ3) is 3.06. The van der Waals surface area contributed by atoms with Gasteiger partial charge in [-0.3, -0.25) is 4.79 Å². The number of fused-ring (bicyclic) bond motifs is 1. The highest BCUT2D eigenvalue weighted by atomic mass is 16.3. The van der Waals surface area contributed by atoms with Gasteiger partial charge in [0.1, 0.15) is 5.69 Å². The molecule has 2 heterocycles. The van der Waals surface area contributed by atoms with Crippen LogP contribution in [0.15, 0.2) is 42.6 Å². The molecule has 7 nitrogen and oxygen atoms in total. The summed E-state index contributed by atoms with van der Waals surface area (Å²) in [5, 5.41) is 13.2. The zero-order valence-electron chi connectivity index (χ0n) is 14.4. The number of benzene rings is 1. The van der Waals surface area contributed by atoms with Gasteiger partial charge in [0.2, 0.25) is 0 Å². The van der Waals surface area contributed by atoms with Crippen molar-refractivity contribution in [3.8, 4) is 0 Å². The van der Waals surface area contributed by atoms with Crippen LogP contribution >= 0.6 is 0 Å². The molecule has 0 unspecified atom stereocenters. The van der Waals surface area contributed by atoms with Crippen molar-refractivity contribution in [2.24, 2.45) is 0 Å². The minimum absolute atomic E-state index is 0.0461. The Balaban J connectivity index is 1.35. The number of hydrogen-bond donors (Lipinski definition) is 3. The second kappa shape index (κ2) is 6.84. The zero-order valence-corrected chi connectivity index (χ0v) is 14.4. The number of aromatic amines is 1. The average Bonchev–Trinajstić information content (AvgIpc) is 3.30. The molecule has 1 aliphatic heterocycles. The van der Waals surface area contributed by atoms with Crippen LogP contribution in [0.4, 0.5) is 4.79 Å². The van der Waals surface area contributed by atoms with Gasteiger partial charge in [0.25, 0.3) is 5.91 Å². The minimum atomic E-state index is -0.605. The van der Waals surface area contributed by atoms with Gasteiger partial charge >= 0.3 is 6.03 Å².